The lowest BCUT2D eigenvalue weighted by atomic mass is 10.2. The van der Waals surface area contributed by atoms with Gasteiger partial charge in [-0.1, -0.05) is 11.8 Å². The van der Waals surface area contributed by atoms with Gasteiger partial charge in [-0.05, 0) is 23.6 Å². The summed E-state index contributed by atoms with van der Waals surface area (Å²) in [5.41, 5.74) is 1.59. The number of aromatic amines is 1. The lowest BCUT2D eigenvalue weighted by Gasteiger charge is -2.03. The summed E-state index contributed by atoms with van der Waals surface area (Å²) in [7, 11) is 1.91. The first-order chi connectivity index (χ1) is 11.7. The van der Waals surface area contributed by atoms with Crippen LogP contribution in [0, 0.1) is 0 Å². The molecular formula is C15H12N6OS2. The summed E-state index contributed by atoms with van der Waals surface area (Å²) < 4.78 is 2.57. The van der Waals surface area contributed by atoms with Crippen molar-refractivity contribution in [3.05, 3.63) is 52.2 Å². The summed E-state index contributed by atoms with van der Waals surface area (Å²) in [4.78, 5) is 23.3. The van der Waals surface area contributed by atoms with Crippen LogP contribution in [0.5, 0.6) is 0 Å². The molecule has 0 unspecified atom stereocenters. The third-order valence-corrected chi connectivity index (χ3v) is 5.41. The highest BCUT2D eigenvalue weighted by Gasteiger charge is 2.12. The van der Waals surface area contributed by atoms with Gasteiger partial charge in [-0.3, -0.25) is 9.78 Å². The highest BCUT2D eigenvalue weighted by atomic mass is 32.2. The van der Waals surface area contributed by atoms with Crippen LogP contribution in [0.4, 0.5) is 0 Å². The Bertz CT molecular complexity index is 1050. The highest BCUT2D eigenvalue weighted by Crippen LogP contribution is 2.24. The van der Waals surface area contributed by atoms with Gasteiger partial charge in [0, 0.05) is 25.0 Å². The van der Waals surface area contributed by atoms with Crippen molar-refractivity contribution in [2.24, 2.45) is 7.05 Å². The number of aromatic nitrogens is 6. The van der Waals surface area contributed by atoms with E-state index in [1.807, 2.05) is 35.2 Å². The van der Waals surface area contributed by atoms with Crippen molar-refractivity contribution in [2.45, 2.75) is 10.9 Å². The molecular weight excluding hydrogens is 344 g/mol. The molecule has 0 aliphatic carbocycles. The monoisotopic (exact) mass is 356 g/mol. The summed E-state index contributed by atoms with van der Waals surface area (Å²) in [6.45, 7) is 0. The third kappa shape index (κ3) is 2.72. The Balaban J connectivity index is 1.57. The average Bonchev–Trinajstić information content (AvgIpc) is 3.21. The molecule has 0 radical (unpaired) electrons. The number of fused-ring (bicyclic) bond motifs is 1. The van der Waals surface area contributed by atoms with Gasteiger partial charge in [-0.25, -0.2) is 4.98 Å². The summed E-state index contributed by atoms with van der Waals surface area (Å²) >= 11 is 2.88. The molecule has 0 saturated carbocycles. The molecule has 0 bridgehead atoms. The van der Waals surface area contributed by atoms with Gasteiger partial charge in [-0.2, -0.15) is 0 Å². The van der Waals surface area contributed by atoms with E-state index in [1.54, 1.807) is 12.4 Å². The third-order valence-electron chi connectivity index (χ3n) is 3.48. The van der Waals surface area contributed by atoms with Crippen molar-refractivity contribution in [3.8, 4) is 11.4 Å². The van der Waals surface area contributed by atoms with E-state index in [2.05, 4.69) is 25.1 Å². The van der Waals surface area contributed by atoms with E-state index < -0.39 is 0 Å². The highest BCUT2D eigenvalue weighted by molar-refractivity contribution is 7.98. The normalized spacial score (nSPS) is 11.2. The molecule has 1 N–H and O–H groups in total. The number of nitrogens with one attached hydrogen (secondary N) is 1. The molecule has 4 aromatic rings. The predicted molar refractivity (Wildman–Crippen MR) is 94.0 cm³/mol. The maximum absolute atomic E-state index is 12.0. The maximum Gasteiger partial charge on any atom is 0.268 e. The van der Waals surface area contributed by atoms with Gasteiger partial charge in [0.15, 0.2) is 11.0 Å². The SMILES string of the molecule is Cn1c(SCc2nc3ccsc3c(=O)[nH]2)nnc1-c1ccncc1. The van der Waals surface area contributed by atoms with Crippen LogP contribution >= 0.6 is 23.1 Å². The standard InChI is InChI=1S/C15H12N6OS2/c1-21-13(9-2-5-16-6-3-9)19-20-15(21)24-8-11-17-10-4-7-23-12(10)14(22)18-11/h2-7H,8H2,1H3,(H,17,18,22). The fraction of sp³-hybridized carbons (Fsp3) is 0.133. The van der Waals surface area contributed by atoms with E-state index >= 15 is 0 Å². The first-order valence-corrected chi connectivity index (χ1v) is 8.98. The number of H-pyrrole nitrogens is 1. The fourth-order valence-electron chi connectivity index (χ4n) is 2.32. The molecule has 0 amide bonds. The Morgan fingerprint density at radius 1 is 1.25 bits per heavy atom. The average molecular weight is 356 g/mol. The topological polar surface area (TPSA) is 89.4 Å². The molecule has 0 saturated heterocycles. The molecule has 0 fully saturated rings. The number of hydrogen-bond acceptors (Lipinski definition) is 7. The molecule has 0 aliphatic rings. The maximum atomic E-state index is 12.0. The van der Waals surface area contributed by atoms with Crippen molar-refractivity contribution in [2.75, 3.05) is 0 Å². The molecule has 4 aromatic heterocycles. The van der Waals surface area contributed by atoms with Crippen LogP contribution < -0.4 is 5.56 Å². The molecule has 0 aromatic carbocycles. The Morgan fingerprint density at radius 2 is 2.08 bits per heavy atom. The molecule has 7 nitrogen and oxygen atoms in total. The van der Waals surface area contributed by atoms with E-state index in [4.69, 9.17) is 0 Å². The largest absolute Gasteiger partial charge is 0.309 e. The van der Waals surface area contributed by atoms with Crippen LogP contribution in [-0.4, -0.2) is 29.7 Å². The lowest BCUT2D eigenvalue weighted by molar-refractivity contribution is 0.792. The molecule has 24 heavy (non-hydrogen) atoms. The molecule has 120 valence electrons. The van der Waals surface area contributed by atoms with Gasteiger partial charge in [0.1, 0.15) is 10.5 Å². The molecule has 9 heteroatoms. The van der Waals surface area contributed by atoms with Crippen LogP contribution in [0.25, 0.3) is 21.6 Å². The Hall–Kier alpha value is -2.52. The molecule has 4 heterocycles. The zero-order valence-corrected chi connectivity index (χ0v) is 14.3. The van der Waals surface area contributed by atoms with Gasteiger partial charge < -0.3 is 9.55 Å². The lowest BCUT2D eigenvalue weighted by Crippen LogP contribution is -2.09. The van der Waals surface area contributed by atoms with Crippen LogP contribution in [0.15, 0.2) is 45.9 Å². The minimum atomic E-state index is -0.0963. The Morgan fingerprint density at radius 3 is 2.92 bits per heavy atom. The minimum Gasteiger partial charge on any atom is -0.309 e. The minimum absolute atomic E-state index is 0.0963. The van der Waals surface area contributed by atoms with Crippen molar-refractivity contribution >= 4 is 33.3 Å². The fourth-order valence-corrected chi connectivity index (χ4v) is 3.82. The van der Waals surface area contributed by atoms with Crippen LogP contribution in [0.1, 0.15) is 5.82 Å². The number of nitrogens with zero attached hydrogens (tertiary/aromatic N) is 5. The van der Waals surface area contributed by atoms with Gasteiger partial charge in [0.05, 0.1) is 11.3 Å². The van der Waals surface area contributed by atoms with E-state index in [0.29, 0.717) is 16.3 Å². The number of thioether (sulfide) groups is 1. The predicted octanol–water partition coefficient (Wildman–Crippen LogP) is 2.47. The van der Waals surface area contributed by atoms with E-state index in [9.17, 15) is 4.79 Å². The Kier molecular flexibility index (Phi) is 3.87. The van der Waals surface area contributed by atoms with Crippen molar-refractivity contribution in [3.63, 3.8) is 0 Å². The van der Waals surface area contributed by atoms with E-state index in [1.165, 1.54) is 23.1 Å². The second-order valence-electron chi connectivity index (χ2n) is 5.04. The molecule has 4 rings (SSSR count). The zero-order chi connectivity index (χ0) is 16.5. The second-order valence-corrected chi connectivity index (χ2v) is 6.90. The molecule has 0 aliphatic heterocycles. The van der Waals surface area contributed by atoms with Gasteiger partial charge in [-0.15, -0.1) is 21.5 Å². The first-order valence-electron chi connectivity index (χ1n) is 7.11. The van der Waals surface area contributed by atoms with Crippen LogP contribution in [0.3, 0.4) is 0 Å². The summed E-state index contributed by atoms with van der Waals surface area (Å²) in [6.07, 6.45) is 3.45. The molecule has 0 spiro atoms. The second kappa shape index (κ2) is 6.17. The summed E-state index contributed by atoms with van der Waals surface area (Å²) in [6, 6.07) is 5.64. The van der Waals surface area contributed by atoms with Gasteiger partial charge in [0.25, 0.3) is 5.56 Å². The zero-order valence-electron chi connectivity index (χ0n) is 12.6. The number of thiophene rings is 1. The quantitative estimate of drug-likeness (QED) is 0.565. The number of hydrogen-bond donors (Lipinski definition) is 1. The van der Waals surface area contributed by atoms with Crippen molar-refractivity contribution in [1.29, 1.82) is 0 Å². The first kappa shape index (κ1) is 15.0. The van der Waals surface area contributed by atoms with Crippen LogP contribution in [-0.2, 0) is 12.8 Å². The Labute approximate surface area is 144 Å². The summed E-state index contributed by atoms with van der Waals surface area (Å²) in [5, 5.41) is 11.1. The summed E-state index contributed by atoms with van der Waals surface area (Å²) in [5.74, 6) is 1.92. The van der Waals surface area contributed by atoms with E-state index in [0.717, 1.165) is 22.1 Å². The van der Waals surface area contributed by atoms with Gasteiger partial charge >= 0.3 is 0 Å². The smallest absolute Gasteiger partial charge is 0.268 e. The van der Waals surface area contributed by atoms with E-state index in [-0.39, 0.29) is 5.56 Å². The number of rotatable bonds is 4. The van der Waals surface area contributed by atoms with Crippen molar-refractivity contribution < 1.29 is 0 Å². The molecule has 0 atom stereocenters. The number of pyridine rings is 1. The van der Waals surface area contributed by atoms with Crippen LogP contribution in [0.2, 0.25) is 0 Å². The van der Waals surface area contributed by atoms with Gasteiger partial charge in [0.2, 0.25) is 0 Å². The van der Waals surface area contributed by atoms with Crippen molar-refractivity contribution in [1.82, 2.24) is 29.7 Å².